The molecule has 0 unspecified atom stereocenters. The van der Waals surface area contributed by atoms with E-state index < -0.39 is 47.6 Å². The van der Waals surface area contributed by atoms with Gasteiger partial charge in [0, 0.05) is 0 Å². The van der Waals surface area contributed by atoms with Crippen LogP contribution in [0, 0.1) is 5.92 Å². The highest BCUT2D eigenvalue weighted by molar-refractivity contribution is 5.92. The van der Waals surface area contributed by atoms with Gasteiger partial charge < -0.3 is 25.4 Å². The van der Waals surface area contributed by atoms with Gasteiger partial charge in [0.05, 0.1) is 6.61 Å². The number of carbonyl (C=O) groups excluding carboxylic acids is 4. The maximum atomic E-state index is 12.5. The van der Waals surface area contributed by atoms with Crippen LogP contribution in [0.1, 0.15) is 61.8 Å². The molecule has 3 amide bonds. The van der Waals surface area contributed by atoms with Crippen LogP contribution in [-0.4, -0.2) is 54.2 Å². The summed E-state index contributed by atoms with van der Waals surface area (Å²) >= 11 is 0. The number of hydrogen-bond donors (Lipinski definition) is 3. The summed E-state index contributed by atoms with van der Waals surface area (Å²) < 4.78 is 10.1. The molecular weight excluding hydrogens is 366 g/mol. The lowest BCUT2D eigenvalue weighted by Crippen LogP contribution is -2.56. The number of amides is 3. The normalized spacial score (nSPS) is 14.5. The topological polar surface area (TPSA) is 123 Å². The van der Waals surface area contributed by atoms with Crippen molar-refractivity contribution in [1.82, 2.24) is 16.0 Å². The van der Waals surface area contributed by atoms with Crippen LogP contribution in [0.4, 0.5) is 4.79 Å². The summed E-state index contributed by atoms with van der Waals surface area (Å²) in [6.07, 6.45) is -0.0485. The lowest BCUT2D eigenvalue weighted by molar-refractivity contribution is -0.147. The van der Waals surface area contributed by atoms with Gasteiger partial charge in [-0.1, -0.05) is 20.8 Å². The molecule has 0 aliphatic carbocycles. The van der Waals surface area contributed by atoms with E-state index in [1.54, 1.807) is 34.6 Å². The molecule has 9 nitrogen and oxygen atoms in total. The minimum absolute atomic E-state index is 0.239. The first-order valence-electron chi connectivity index (χ1n) is 9.55. The van der Waals surface area contributed by atoms with Gasteiger partial charge in [-0.25, -0.2) is 9.59 Å². The zero-order valence-corrected chi connectivity index (χ0v) is 18.2. The van der Waals surface area contributed by atoms with Crippen molar-refractivity contribution < 1.29 is 28.7 Å². The molecule has 0 aliphatic heterocycles. The largest absolute Gasteiger partial charge is 0.464 e. The third kappa shape index (κ3) is 10.1. The second-order valence-electron chi connectivity index (χ2n) is 8.00. The average Bonchev–Trinajstić information content (AvgIpc) is 2.54. The minimum Gasteiger partial charge on any atom is -0.464 e. The molecule has 0 bridgehead atoms. The van der Waals surface area contributed by atoms with Crippen LogP contribution in [0.25, 0.3) is 0 Å². The van der Waals surface area contributed by atoms with E-state index in [9.17, 15) is 19.2 Å². The Hall–Kier alpha value is -2.32. The molecule has 0 heterocycles. The molecule has 0 fully saturated rings. The number of esters is 1. The van der Waals surface area contributed by atoms with Gasteiger partial charge in [-0.3, -0.25) is 9.59 Å². The lowest BCUT2D eigenvalue weighted by Gasteiger charge is -2.26. The molecule has 0 aromatic rings. The van der Waals surface area contributed by atoms with Crippen molar-refractivity contribution in [2.24, 2.45) is 5.92 Å². The third-order valence-electron chi connectivity index (χ3n) is 3.53. The highest BCUT2D eigenvalue weighted by Crippen LogP contribution is 2.07. The number of rotatable bonds is 9. The fourth-order valence-corrected chi connectivity index (χ4v) is 2.05. The van der Waals surface area contributed by atoms with E-state index in [0.717, 1.165) is 0 Å². The molecule has 0 rings (SSSR count). The van der Waals surface area contributed by atoms with Crippen LogP contribution in [0.3, 0.4) is 0 Å². The van der Waals surface area contributed by atoms with Gasteiger partial charge in [0.2, 0.25) is 11.8 Å². The monoisotopic (exact) mass is 401 g/mol. The Labute approximate surface area is 167 Å². The molecule has 9 heteroatoms. The molecule has 0 aromatic carbocycles. The van der Waals surface area contributed by atoms with Gasteiger partial charge in [-0.05, 0) is 47.0 Å². The van der Waals surface area contributed by atoms with Crippen molar-refractivity contribution in [3.63, 3.8) is 0 Å². The molecule has 0 saturated heterocycles. The van der Waals surface area contributed by atoms with E-state index in [2.05, 4.69) is 16.0 Å². The number of alkyl carbamates (subject to hydrolysis) is 1. The second kappa shape index (κ2) is 11.5. The highest BCUT2D eigenvalue weighted by Gasteiger charge is 2.29. The molecule has 0 saturated carbocycles. The van der Waals surface area contributed by atoms with Gasteiger partial charge in [-0.2, -0.15) is 0 Å². The standard InChI is InChI=1S/C19H35N3O6/c1-9-10-27-17(25)13(5)20-16(24)14(11(2)3)22-15(23)12(4)21-18(26)28-19(6,7)8/h11-14H,9-10H2,1-8H3,(H,20,24)(H,21,26)(H,22,23)/t12-,13-,14-/m0/s1. The molecule has 162 valence electrons. The summed E-state index contributed by atoms with van der Waals surface area (Å²) in [6, 6.07) is -2.62. The van der Waals surface area contributed by atoms with Crippen molar-refractivity contribution in [3.8, 4) is 0 Å². The fourth-order valence-electron chi connectivity index (χ4n) is 2.05. The van der Waals surface area contributed by atoms with Gasteiger partial charge in [0.15, 0.2) is 0 Å². The molecule has 0 spiro atoms. The molecule has 3 N–H and O–H groups in total. The number of hydrogen-bond acceptors (Lipinski definition) is 6. The maximum absolute atomic E-state index is 12.5. The Morgan fingerprint density at radius 3 is 1.89 bits per heavy atom. The summed E-state index contributed by atoms with van der Waals surface area (Å²) in [5, 5.41) is 7.57. The van der Waals surface area contributed by atoms with Crippen LogP contribution < -0.4 is 16.0 Å². The summed E-state index contributed by atoms with van der Waals surface area (Å²) in [5.74, 6) is -1.82. The Morgan fingerprint density at radius 2 is 1.43 bits per heavy atom. The SMILES string of the molecule is CCCOC(=O)[C@H](C)NC(=O)[C@@H](NC(=O)[C@H](C)NC(=O)OC(C)(C)C)C(C)C. The number of ether oxygens (including phenoxy) is 2. The van der Waals surface area contributed by atoms with Gasteiger partial charge in [0.25, 0.3) is 0 Å². The Kier molecular flexibility index (Phi) is 10.6. The van der Waals surface area contributed by atoms with Crippen LogP contribution in [0.15, 0.2) is 0 Å². The van der Waals surface area contributed by atoms with E-state index in [0.29, 0.717) is 6.42 Å². The Balaban J connectivity index is 4.82. The van der Waals surface area contributed by atoms with Gasteiger partial charge >= 0.3 is 12.1 Å². The van der Waals surface area contributed by atoms with Gasteiger partial charge in [-0.15, -0.1) is 0 Å². The molecule has 3 atom stereocenters. The second-order valence-corrected chi connectivity index (χ2v) is 8.00. The van der Waals surface area contributed by atoms with Crippen LogP contribution in [0.2, 0.25) is 0 Å². The summed E-state index contributed by atoms with van der Waals surface area (Å²) in [5.41, 5.74) is -0.691. The Bertz CT molecular complexity index is 556. The van der Waals surface area contributed by atoms with E-state index in [-0.39, 0.29) is 12.5 Å². The van der Waals surface area contributed by atoms with Crippen LogP contribution >= 0.6 is 0 Å². The van der Waals surface area contributed by atoms with Crippen molar-refractivity contribution in [3.05, 3.63) is 0 Å². The van der Waals surface area contributed by atoms with Crippen LogP contribution in [-0.2, 0) is 23.9 Å². The molecule has 28 heavy (non-hydrogen) atoms. The maximum Gasteiger partial charge on any atom is 0.408 e. The molecule has 0 aliphatic rings. The Morgan fingerprint density at radius 1 is 0.857 bits per heavy atom. The predicted molar refractivity (Wildman–Crippen MR) is 104 cm³/mol. The van der Waals surface area contributed by atoms with E-state index in [1.807, 2.05) is 6.92 Å². The molecule has 0 aromatic heterocycles. The van der Waals surface area contributed by atoms with Crippen LogP contribution in [0.5, 0.6) is 0 Å². The molecule has 0 radical (unpaired) electrons. The molecular formula is C19H35N3O6. The zero-order chi connectivity index (χ0) is 22.1. The van der Waals surface area contributed by atoms with E-state index in [4.69, 9.17) is 9.47 Å². The quantitative estimate of drug-likeness (QED) is 0.503. The number of nitrogens with one attached hydrogen (secondary N) is 3. The predicted octanol–water partition coefficient (Wildman–Crippen LogP) is 1.50. The van der Waals surface area contributed by atoms with Crippen molar-refractivity contribution >= 4 is 23.9 Å². The first kappa shape index (κ1) is 25.7. The summed E-state index contributed by atoms with van der Waals surface area (Å²) in [7, 11) is 0. The lowest BCUT2D eigenvalue weighted by atomic mass is 10.0. The van der Waals surface area contributed by atoms with E-state index >= 15 is 0 Å². The zero-order valence-electron chi connectivity index (χ0n) is 18.2. The minimum atomic E-state index is -0.907. The van der Waals surface area contributed by atoms with E-state index in [1.165, 1.54) is 13.8 Å². The van der Waals surface area contributed by atoms with Crippen molar-refractivity contribution in [2.75, 3.05) is 6.61 Å². The fraction of sp³-hybridized carbons (Fsp3) is 0.789. The van der Waals surface area contributed by atoms with Gasteiger partial charge in [0.1, 0.15) is 23.7 Å². The first-order valence-corrected chi connectivity index (χ1v) is 9.55. The summed E-state index contributed by atoms with van der Waals surface area (Å²) in [4.78, 5) is 48.5. The summed E-state index contributed by atoms with van der Waals surface area (Å²) in [6.45, 7) is 13.8. The highest BCUT2D eigenvalue weighted by atomic mass is 16.6. The van der Waals surface area contributed by atoms with Crippen molar-refractivity contribution in [2.45, 2.75) is 85.5 Å². The third-order valence-corrected chi connectivity index (χ3v) is 3.53. The number of carbonyl (C=O) groups is 4. The van der Waals surface area contributed by atoms with Crippen molar-refractivity contribution in [1.29, 1.82) is 0 Å². The smallest absolute Gasteiger partial charge is 0.408 e. The average molecular weight is 402 g/mol. The first-order chi connectivity index (χ1) is 12.8.